The van der Waals surface area contributed by atoms with Gasteiger partial charge < -0.3 is 25.4 Å². The minimum absolute atomic E-state index is 0.321. The van der Waals surface area contributed by atoms with Crippen molar-refractivity contribution in [2.45, 2.75) is 64.1 Å². The molecule has 2 aromatic rings. The van der Waals surface area contributed by atoms with E-state index in [9.17, 15) is 42.3 Å². The molecule has 0 spiro atoms. The van der Waals surface area contributed by atoms with Crippen molar-refractivity contribution in [2.75, 3.05) is 25.0 Å². The van der Waals surface area contributed by atoms with E-state index in [0.29, 0.717) is 11.8 Å². The summed E-state index contributed by atoms with van der Waals surface area (Å²) in [5.74, 6) is -11.6. The third kappa shape index (κ3) is 7.91. The average molecular weight is 624 g/mol. The zero-order valence-corrected chi connectivity index (χ0v) is 24.6. The first-order chi connectivity index (χ1) is 20.4. The SMILES string of the molecule is Cc1cc(F)c(F)c(OCC(=O)[C@H](CC(=O)O)NC(=O)C2(F)CCN(C(=O)C(=O)Nc3ccccc3C(C)(C)C)CC2)c1F. The lowest BCUT2D eigenvalue weighted by Gasteiger charge is -2.35. The average Bonchev–Trinajstić information content (AvgIpc) is 2.95. The molecular weight excluding hydrogens is 590 g/mol. The van der Waals surface area contributed by atoms with Crippen molar-refractivity contribution < 1.29 is 51.4 Å². The summed E-state index contributed by atoms with van der Waals surface area (Å²) >= 11 is 0. The molecule has 238 valence electrons. The number of carboxylic acids is 1. The number of hydrogen-bond donors (Lipinski definition) is 3. The van der Waals surface area contributed by atoms with Gasteiger partial charge in [-0.3, -0.25) is 24.0 Å². The number of carbonyl (C=O) groups is 5. The summed E-state index contributed by atoms with van der Waals surface area (Å²) < 4.78 is 62.3. The van der Waals surface area contributed by atoms with Gasteiger partial charge in [-0.15, -0.1) is 0 Å². The van der Waals surface area contributed by atoms with Crippen molar-refractivity contribution in [3.05, 3.63) is 58.9 Å². The van der Waals surface area contributed by atoms with Gasteiger partial charge in [0.25, 0.3) is 5.91 Å². The van der Waals surface area contributed by atoms with Crippen LogP contribution in [-0.4, -0.2) is 70.9 Å². The molecule has 1 atom stereocenters. The number of nitrogens with one attached hydrogen (secondary N) is 2. The minimum atomic E-state index is -2.64. The second-order valence-electron chi connectivity index (χ2n) is 11.5. The Morgan fingerprint density at radius 1 is 1.05 bits per heavy atom. The maximum atomic E-state index is 15.7. The molecule has 44 heavy (non-hydrogen) atoms. The van der Waals surface area contributed by atoms with E-state index in [0.717, 1.165) is 17.4 Å². The van der Waals surface area contributed by atoms with Crippen LogP contribution < -0.4 is 15.4 Å². The second-order valence-corrected chi connectivity index (χ2v) is 11.5. The van der Waals surface area contributed by atoms with Gasteiger partial charge in [-0.05, 0) is 35.6 Å². The van der Waals surface area contributed by atoms with Crippen LogP contribution in [0.25, 0.3) is 0 Å². The number of anilines is 1. The van der Waals surface area contributed by atoms with Crippen LogP contribution in [0.1, 0.15) is 51.2 Å². The van der Waals surface area contributed by atoms with E-state index >= 15 is 4.39 Å². The highest BCUT2D eigenvalue weighted by atomic mass is 19.2. The Balaban J connectivity index is 1.63. The highest BCUT2D eigenvalue weighted by Crippen LogP contribution is 2.31. The number of ether oxygens (including phenoxy) is 1. The predicted molar refractivity (Wildman–Crippen MR) is 149 cm³/mol. The number of aryl methyl sites for hydroxylation is 1. The minimum Gasteiger partial charge on any atom is -0.481 e. The molecule has 1 fully saturated rings. The number of alkyl halides is 1. The number of halogens is 4. The Morgan fingerprint density at radius 3 is 2.25 bits per heavy atom. The van der Waals surface area contributed by atoms with Gasteiger partial charge in [0.15, 0.2) is 28.8 Å². The van der Waals surface area contributed by atoms with Gasteiger partial charge in [-0.2, -0.15) is 4.39 Å². The molecule has 0 bridgehead atoms. The van der Waals surface area contributed by atoms with E-state index in [-0.39, 0.29) is 24.1 Å². The number of carboxylic acid groups (broad SMARTS) is 1. The number of benzene rings is 2. The van der Waals surface area contributed by atoms with Crippen LogP contribution in [0.4, 0.5) is 23.2 Å². The van der Waals surface area contributed by atoms with Gasteiger partial charge in [0.1, 0.15) is 12.6 Å². The van der Waals surface area contributed by atoms with E-state index in [2.05, 4.69) is 5.32 Å². The first-order valence-electron chi connectivity index (χ1n) is 13.7. The summed E-state index contributed by atoms with van der Waals surface area (Å²) in [4.78, 5) is 63.4. The summed E-state index contributed by atoms with van der Waals surface area (Å²) in [6.07, 6.45) is -2.15. The molecule has 3 N–H and O–H groups in total. The van der Waals surface area contributed by atoms with Crippen LogP contribution in [0.15, 0.2) is 30.3 Å². The molecule has 10 nitrogen and oxygen atoms in total. The van der Waals surface area contributed by atoms with Crippen molar-refractivity contribution in [1.29, 1.82) is 0 Å². The number of para-hydroxylation sites is 1. The summed E-state index contributed by atoms with van der Waals surface area (Å²) in [5, 5.41) is 13.8. The summed E-state index contributed by atoms with van der Waals surface area (Å²) in [6, 6.07) is 5.66. The van der Waals surface area contributed by atoms with E-state index in [1.54, 1.807) is 18.2 Å². The number of rotatable bonds is 9. The molecule has 0 saturated carbocycles. The summed E-state index contributed by atoms with van der Waals surface area (Å²) in [5.41, 5.74) is -2.07. The van der Waals surface area contributed by atoms with E-state index < -0.39 is 90.3 Å². The Kier molecular flexibility index (Phi) is 10.4. The third-order valence-electron chi connectivity index (χ3n) is 7.16. The standard InChI is InChI=1S/C30H33F4N3O7/c1-16-13-18(31)24(33)25(23(16)32)44-15-21(38)20(14-22(39)40)36-28(43)30(34)9-11-37(12-10-30)27(42)26(41)35-19-8-6-5-7-17(19)29(2,3)4/h5-8,13,20H,9-12,14-15H2,1-4H3,(H,35,41)(H,36,43)(H,39,40)/t20-/m0/s1. The number of likely N-dealkylation sites (tertiary alicyclic amines) is 1. The molecule has 1 aliphatic rings. The fourth-order valence-corrected chi connectivity index (χ4v) is 4.64. The van der Waals surface area contributed by atoms with Crippen LogP contribution in [0, 0.1) is 24.4 Å². The zero-order chi connectivity index (χ0) is 33.0. The lowest BCUT2D eigenvalue weighted by atomic mass is 9.86. The Hall–Kier alpha value is -4.49. The fourth-order valence-electron chi connectivity index (χ4n) is 4.64. The first kappa shape index (κ1) is 34.0. The number of amides is 3. The molecule has 1 saturated heterocycles. The number of aliphatic carboxylic acids is 1. The van der Waals surface area contributed by atoms with Crippen molar-refractivity contribution in [2.24, 2.45) is 0 Å². The molecule has 0 aromatic heterocycles. The van der Waals surface area contributed by atoms with Gasteiger partial charge in [-0.1, -0.05) is 39.0 Å². The number of piperidine rings is 1. The monoisotopic (exact) mass is 623 g/mol. The lowest BCUT2D eigenvalue weighted by Crippen LogP contribution is -2.56. The van der Waals surface area contributed by atoms with Crippen LogP contribution in [0.2, 0.25) is 0 Å². The molecule has 1 heterocycles. The Labute approximate surface area is 250 Å². The number of nitrogens with zero attached hydrogens (tertiary/aromatic N) is 1. The van der Waals surface area contributed by atoms with E-state index in [1.807, 2.05) is 32.2 Å². The van der Waals surface area contributed by atoms with Gasteiger partial charge in [-0.25, -0.2) is 13.2 Å². The van der Waals surface area contributed by atoms with Crippen molar-refractivity contribution in [3.63, 3.8) is 0 Å². The van der Waals surface area contributed by atoms with Gasteiger partial charge in [0, 0.05) is 31.6 Å². The molecule has 0 radical (unpaired) electrons. The predicted octanol–water partition coefficient (Wildman–Crippen LogP) is 3.59. The molecule has 3 amide bonds. The summed E-state index contributed by atoms with van der Waals surface area (Å²) in [7, 11) is 0. The van der Waals surface area contributed by atoms with Gasteiger partial charge >= 0.3 is 17.8 Å². The van der Waals surface area contributed by atoms with Gasteiger partial charge in [0.05, 0.1) is 6.42 Å². The third-order valence-corrected chi connectivity index (χ3v) is 7.16. The van der Waals surface area contributed by atoms with E-state index in [1.165, 1.54) is 0 Å². The van der Waals surface area contributed by atoms with Crippen LogP contribution in [-0.2, 0) is 29.4 Å². The van der Waals surface area contributed by atoms with Crippen LogP contribution in [0.3, 0.4) is 0 Å². The van der Waals surface area contributed by atoms with Crippen molar-refractivity contribution >= 4 is 35.2 Å². The largest absolute Gasteiger partial charge is 0.481 e. The maximum Gasteiger partial charge on any atom is 0.313 e. The van der Waals surface area contributed by atoms with Crippen molar-refractivity contribution in [1.82, 2.24) is 10.2 Å². The maximum absolute atomic E-state index is 15.7. The molecule has 0 aliphatic carbocycles. The zero-order valence-electron chi connectivity index (χ0n) is 24.6. The Bertz CT molecular complexity index is 1440. The normalized spacial score (nSPS) is 15.2. The molecule has 1 aliphatic heterocycles. The molecule has 14 heteroatoms. The Morgan fingerprint density at radius 2 is 1.66 bits per heavy atom. The second kappa shape index (κ2) is 13.4. The number of carbonyl (C=O) groups excluding carboxylic acids is 4. The highest BCUT2D eigenvalue weighted by Gasteiger charge is 2.45. The highest BCUT2D eigenvalue weighted by molar-refractivity contribution is 6.39. The molecule has 0 unspecified atom stereocenters. The number of Topliss-reactive ketones (excluding diaryl/α,β-unsaturated/α-hetero) is 1. The van der Waals surface area contributed by atoms with Crippen molar-refractivity contribution in [3.8, 4) is 5.75 Å². The quantitative estimate of drug-likeness (QED) is 0.220. The first-order valence-corrected chi connectivity index (χ1v) is 13.7. The molecule has 2 aromatic carbocycles. The fraction of sp³-hybridized carbons (Fsp3) is 0.433. The van der Waals surface area contributed by atoms with Crippen LogP contribution in [0.5, 0.6) is 5.75 Å². The van der Waals surface area contributed by atoms with Crippen LogP contribution >= 0.6 is 0 Å². The number of hydrogen-bond acceptors (Lipinski definition) is 6. The topological polar surface area (TPSA) is 142 Å². The van der Waals surface area contributed by atoms with E-state index in [4.69, 9.17) is 4.74 Å². The molecular formula is C30H33F4N3O7. The summed E-state index contributed by atoms with van der Waals surface area (Å²) in [6.45, 7) is 5.08. The number of ketones is 1. The smallest absolute Gasteiger partial charge is 0.313 e. The van der Waals surface area contributed by atoms with Gasteiger partial charge in [0.2, 0.25) is 5.82 Å². The molecule has 3 rings (SSSR count). The lowest BCUT2D eigenvalue weighted by molar-refractivity contribution is -0.148.